The number of rotatable bonds is 9. The zero-order valence-corrected chi connectivity index (χ0v) is 18.2. The summed E-state index contributed by atoms with van der Waals surface area (Å²) in [6, 6.07) is 1.71. The number of halogens is 2. The predicted octanol–water partition coefficient (Wildman–Crippen LogP) is 1.10. The van der Waals surface area contributed by atoms with E-state index in [1.165, 1.54) is 0 Å². The summed E-state index contributed by atoms with van der Waals surface area (Å²) < 4.78 is 1.40. The van der Waals surface area contributed by atoms with Gasteiger partial charge in [-0.25, -0.2) is 0 Å². The summed E-state index contributed by atoms with van der Waals surface area (Å²) in [4.78, 5) is 20.8. The summed E-state index contributed by atoms with van der Waals surface area (Å²) in [7, 11) is 0. The average molecular weight is 595 g/mol. The van der Waals surface area contributed by atoms with Crippen LogP contribution in [0.2, 0.25) is 0 Å². The zero-order chi connectivity index (χ0) is 20.3. The second kappa shape index (κ2) is 13.4. The first-order valence-electron chi connectivity index (χ1n) is 7.61. The van der Waals surface area contributed by atoms with E-state index >= 15 is 0 Å². The van der Waals surface area contributed by atoms with Gasteiger partial charge in [0.05, 0.1) is 7.14 Å². The van der Waals surface area contributed by atoms with Crippen LogP contribution >= 0.6 is 45.2 Å². The Morgan fingerprint density at radius 2 is 1.65 bits per heavy atom. The first kappa shape index (κ1) is 25.3. The van der Waals surface area contributed by atoms with Gasteiger partial charge in [-0.15, -0.1) is 0 Å². The number of nitrogens with two attached hydrogens (primary N) is 2. The molecule has 1 aromatic rings. The lowest BCUT2D eigenvalue weighted by atomic mass is 10.1. The summed E-state index contributed by atoms with van der Waals surface area (Å²) in [5.74, 6) is -1.83. The molecule has 1 rings (SSSR count). The van der Waals surface area contributed by atoms with Crippen LogP contribution in [0, 0.1) is 7.14 Å². The van der Waals surface area contributed by atoms with Gasteiger partial charge in [0, 0.05) is 0 Å². The van der Waals surface area contributed by atoms with Gasteiger partial charge in [-0.2, -0.15) is 5.48 Å². The summed E-state index contributed by atoms with van der Waals surface area (Å²) in [6.07, 6.45) is 2.16. The number of aliphatic carboxylic acids is 2. The first-order chi connectivity index (χ1) is 12.1. The normalized spacial score (nSPS) is 12.7. The molecule has 2 atom stereocenters. The predicted molar refractivity (Wildman–Crippen MR) is 112 cm³/mol. The largest absolute Gasteiger partial charge is 0.506 e. The third-order valence-electron chi connectivity index (χ3n) is 3.25. The minimum atomic E-state index is -1.04. The molecule has 0 aliphatic carbocycles. The molecule has 0 bridgehead atoms. The molecule has 0 fully saturated rings. The number of carbonyl (C=O) groups is 2. The lowest BCUT2D eigenvalue weighted by Crippen LogP contribution is -2.34. The molecule has 0 saturated carbocycles. The van der Waals surface area contributed by atoms with Crippen molar-refractivity contribution in [1.29, 1.82) is 0 Å². The molecule has 26 heavy (non-hydrogen) atoms. The molecule has 0 radical (unpaired) electrons. The van der Waals surface area contributed by atoms with Gasteiger partial charge in [0.1, 0.15) is 17.8 Å². The highest BCUT2D eigenvalue weighted by Crippen LogP contribution is 2.27. The molecule has 0 amide bonds. The number of phenols is 1. The van der Waals surface area contributed by atoms with Gasteiger partial charge >= 0.3 is 11.9 Å². The monoisotopic (exact) mass is 595 g/mol. The number of carboxylic acids is 2. The van der Waals surface area contributed by atoms with Crippen LogP contribution in [-0.4, -0.2) is 51.1 Å². The molecular formula is C15H23I2N3O6. The second-order valence-corrected chi connectivity index (χ2v) is 7.69. The maximum Gasteiger partial charge on any atom is 0.323 e. The number of hydrogen-bond acceptors (Lipinski definition) is 7. The number of carboxylic acid groups (broad SMARTS) is 2. The Morgan fingerprint density at radius 3 is 2.04 bits per heavy atom. The quantitative estimate of drug-likeness (QED) is 0.125. The van der Waals surface area contributed by atoms with Crippen LogP contribution in [0.4, 0.5) is 0 Å². The topological polar surface area (TPSA) is 179 Å². The van der Waals surface area contributed by atoms with E-state index in [1.54, 1.807) is 17.6 Å². The van der Waals surface area contributed by atoms with Crippen LogP contribution in [0.5, 0.6) is 5.75 Å². The number of unbranched alkanes of at least 4 members (excludes halogenated alkanes) is 1. The van der Waals surface area contributed by atoms with Crippen molar-refractivity contribution >= 4 is 57.1 Å². The SMILES string of the molecule is NC(Cc1cc(I)c(O)c(I)c1)C(=O)O.NCCCCC(NO)C(=O)O. The van der Waals surface area contributed by atoms with Gasteiger partial charge in [-0.3, -0.25) is 9.59 Å². The van der Waals surface area contributed by atoms with Crippen molar-refractivity contribution in [3.05, 3.63) is 24.8 Å². The summed E-state index contributed by atoms with van der Waals surface area (Å²) in [5.41, 5.74) is 13.2. The molecule has 9 N–H and O–H groups in total. The number of hydrogen-bond donors (Lipinski definition) is 7. The summed E-state index contributed by atoms with van der Waals surface area (Å²) in [6.45, 7) is 0.553. The molecule has 0 heterocycles. The van der Waals surface area contributed by atoms with E-state index in [2.05, 4.69) is 0 Å². The van der Waals surface area contributed by atoms with E-state index in [-0.39, 0.29) is 12.2 Å². The molecule has 0 spiro atoms. The minimum absolute atomic E-state index is 0.226. The van der Waals surface area contributed by atoms with E-state index in [9.17, 15) is 14.7 Å². The highest BCUT2D eigenvalue weighted by Gasteiger charge is 2.15. The van der Waals surface area contributed by atoms with E-state index in [0.29, 0.717) is 26.5 Å². The Balaban J connectivity index is 0.000000508. The molecule has 0 saturated heterocycles. The van der Waals surface area contributed by atoms with Crippen molar-refractivity contribution in [3.63, 3.8) is 0 Å². The van der Waals surface area contributed by atoms with Crippen molar-refractivity contribution < 1.29 is 30.1 Å². The number of hydroxylamine groups is 1. The fourth-order valence-corrected chi connectivity index (χ4v) is 3.71. The lowest BCUT2D eigenvalue weighted by molar-refractivity contribution is -0.142. The molecule has 0 aromatic heterocycles. The van der Waals surface area contributed by atoms with Gasteiger partial charge in [-0.05, 0) is 95.1 Å². The maximum absolute atomic E-state index is 10.6. The molecule has 2 unspecified atom stereocenters. The lowest BCUT2D eigenvalue weighted by Gasteiger charge is -2.08. The van der Waals surface area contributed by atoms with Gasteiger partial charge in [-0.1, -0.05) is 0 Å². The molecule has 11 heteroatoms. The van der Waals surface area contributed by atoms with Crippen molar-refractivity contribution in [1.82, 2.24) is 5.48 Å². The van der Waals surface area contributed by atoms with Gasteiger partial charge in [0.15, 0.2) is 0 Å². The van der Waals surface area contributed by atoms with E-state index in [0.717, 1.165) is 12.0 Å². The summed E-state index contributed by atoms with van der Waals surface area (Å²) in [5, 5.41) is 34.9. The third kappa shape index (κ3) is 9.82. The molecule has 0 aliphatic rings. The molecule has 1 aromatic carbocycles. The molecule has 148 valence electrons. The van der Waals surface area contributed by atoms with Crippen LogP contribution in [0.3, 0.4) is 0 Å². The molecular weight excluding hydrogens is 572 g/mol. The van der Waals surface area contributed by atoms with Crippen molar-refractivity contribution in [2.45, 2.75) is 37.8 Å². The van der Waals surface area contributed by atoms with Crippen molar-refractivity contribution in [2.24, 2.45) is 11.5 Å². The fourth-order valence-electron chi connectivity index (χ4n) is 1.81. The zero-order valence-electron chi connectivity index (χ0n) is 13.9. The van der Waals surface area contributed by atoms with E-state index in [4.69, 9.17) is 26.9 Å². The van der Waals surface area contributed by atoms with Crippen LogP contribution in [0.1, 0.15) is 24.8 Å². The average Bonchev–Trinajstić information content (AvgIpc) is 2.56. The van der Waals surface area contributed by atoms with Crippen LogP contribution in [0.25, 0.3) is 0 Å². The van der Waals surface area contributed by atoms with Crippen LogP contribution < -0.4 is 16.9 Å². The highest BCUT2D eigenvalue weighted by atomic mass is 127. The highest BCUT2D eigenvalue weighted by molar-refractivity contribution is 14.1. The third-order valence-corrected chi connectivity index (χ3v) is 4.89. The van der Waals surface area contributed by atoms with Gasteiger partial charge in [0.2, 0.25) is 0 Å². The van der Waals surface area contributed by atoms with Gasteiger partial charge in [0.25, 0.3) is 0 Å². The molecule has 0 aliphatic heterocycles. The van der Waals surface area contributed by atoms with E-state index < -0.39 is 24.0 Å². The Hall–Kier alpha value is -0.740. The standard InChI is InChI=1S/C9H9I2NO3.C6H14N2O3/c10-5-1-4(2-6(11)8(5)13)3-7(12)9(14)15;7-4-2-1-3-5(8-11)6(9)10/h1-2,7,13H,3,12H2,(H,14,15);5,8,11H,1-4,7H2,(H,9,10). The Kier molecular flexibility index (Phi) is 13.0. The van der Waals surface area contributed by atoms with Crippen molar-refractivity contribution in [3.8, 4) is 5.75 Å². The Labute approximate surface area is 178 Å². The molecule has 9 nitrogen and oxygen atoms in total. The number of benzene rings is 1. The Morgan fingerprint density at radius 1 is 1.12 bits per heavy atom. The van der Waals surface area contributed by atoms with Crippen molar-refractivity contribution in [2.75, 3.05) is 6.54 Å². The minimum Gasteiger partial charge on any atom is -0.506 e. The Bertz CT molecular complexity index is 580. The number of aromatic hydroxyl groups is 1. The number of phenolic OH excluding ortho intramolecular Hbond substituents is 1. The smallest absolute Gasteiger partial charge is 0.323 e. The van der Waals surface area contributed by atoms with Crippen LogP contribution in [0.15, 0.2) is 12.1 Å². The van der Waals surface area contributed by atoms with Crippen LogP contribution in [-0.2, 0) is 16.0 Å². The van der Waals surface area contributed by atoms with Gasteiger partial charge < -0.3 is 32.0 Å². The second-order valence-electron chi connectivity index (χ2n) is 5.36. The summed E-state index contributed by atoms with van der Waals surface area (Å²) >= 11 is 3.99. The first-order valence-corrected chi connectivity index (χ1v) is 9.77. The number of nitrogens with one attached hydrogen (secondary N) is 1. The maximum atomic E-state index is 10.6. The van der Waals surface area contributed by atoms with E-state index in [1.807, 2.05) is 45.2 Å². The fraction of sp³-hybridized carbons (Fsp3) is 0.467.